The van der Waals surface area contributed by atoms with Gasteiger partial charge in [0.05, 0.1) is 19.8 Å². The summed E-state index contributed by atoms with van der Waals surface area (Å²) in [6, 6.07) is 17.4. The molecule has 0 aliphatic heterocycles. The molecule has 0 aliphatic rings. The quantitative estimate of drug-likeness (QED) is 0.313. The van der Waals surface area contributed by atoms with Crippen LogP contribution in [-0.2, 0) is 17.8 Å². The Bertz CT molecular complexity index is 1570. The minimum absolute atomic E-state index is 0.111. The van der Waals surface area contributed by atoms with E-state index < -0.39 is 5.97 Å². The fourth-order valence-electron chi connectivity index (χ4n) is 4.22. The van der Waals surface area contributed by atoms with Gasteiger partial charge in [-0.2, -0.15) is 0 Å². The van der Waals surface area contributed by atoms with Crippen molar-refractivity contribution >= 4 is 33.5 Å². The summed E-state index contributed by atoms with van der Waals surface area (Å²) in [4.78, 5) is 15.5. The van der Waals surface area contributed by atoms with Crippen molar-refractivity contribution in [1.82, 2.24) is 4.98 Å². The van der Waals surface area contributed by atoms with Crippen molar-refractivity contribution in [3.05, 3.63) is 83.7 Å². The van der Waals surface area contributed by atoms with Gasteiger partial charge in [0.15, 0.2) is 11.3 Å². The Labute approximate surface area is 201 Å². The molecule has 0 atom stereocenters. The van der Waals surface area contributed by atoms with Gasteiger partial charge in [0.2, 0.25) is 0 Å². The summed E-state index contributed by atoms with van der Waals surface area (Å²) in [5.41, 5.74) is 11.1. The lowest BCUT2D eigenvalue weighted by Gasteiger charge is -2.12. The van der Waals surface area contributed by atoms with Crippen LogP contribution in [0.15, 0.2) is 71.5 Å². The maximum Gasteiger partial charge on any atom is 0.307 e. The number of hydrogen-bond acceptors (Lipinski definition) is 6. The number of hydrogen-bond donors (Lipinski definition) is 2. The Balaban J connectivity index is 1.53. The Hall–Kier alpha value is -4.52. The second-order valence-electron chi connectivity index (χ2n) is 8.42. The molecular weight excluding hydrogens is 444 g/mol. The second-order valence-corrected chi connectivity index (χ2v) is 8.42. The van der Waals surface area contributed by atoms with Gasteiger partial charge in [-0.05, 0) is 59.3 Å². The predicted octanol–water partition coefficient (Wildman–Crippen LogP) is 5.75. The van der Waals surface area contributed by atoms with Crippen molar-refractivity contribution in [2.75, 3.05) is 12.8 Å². The molecule has 0 aliphatic carbocycles. The van der Waals surface area contributed by atoms with E-state index in [4.69, 9.17) is 19.6 Å². The summed E-state index contributed by atoms with van der Waals surface area (Å²) >= 11 is 0. The minimum Gasteiger partial charge on any atom is -0.493 e. The molecule has 5 rings (SSSR count). The fraction of sp³-hybridized carbons (Fsp3) is 0.143. The predicted molar refractivity (Wildman–Crippen MR) is 135 cm³/mol. The second kappa shape index (κ2) is 9.02. The number of furan rings is 1. The number of nitrogens with two attached hydrogens (primary N) is 1. The van der Waals surface area contributed by atoms with Crippen molar-refractivity contribution in [2.24, 2.45) is 0 Å². The third-order valence-electron chi connectivity index (χ3n) is 6.02. The largest absolute Gasteiger partial charge is 0.493 e. The fourth-order valence-corrected chi connectivity index (χ4v) is 4.22. The molecule has 0 bridgehead atoms. The Morgan fingerprint density at radius 2 is 1.83 bits per heavy atom. The smallest absolute Gasteiger partial charge is 0.307 e. The molecule has 0 radical (unpaired) electrons. The van der Waals surface area contributed by atoms with Crippen LogP contribution in [0.1, 0.15) is 16.7 Å². The standard InChI is InChI=1S/C28H24N2O5/c1-16-3-4-19(13-26(31)32)24(9-16)34-14-21-15-35-27-22(21)11-20(12-25(27)33-2)18-6-5-17-7-8-30-28(29)23(17)10-18/h3-12,15H,13-14H2,1-2H3,(H2,29,30)(H,31,32). The van der Waals surface area contributed by atoms with E-state index >= 15 is 0 Å². The van der Waals surface area contributed by atoms with Crippen LogP contribution in [0.3, 0.4) is 0 Å². The maximum absolute atomic E-state index is 11.3. The number of aryl methyl sites for hydroxylation is 1. The first-order chi connectivity index (χ1) is 16.9. The molecule has 0 amide bonds. The van der Waals surface area contributed by atoms with Crippen molar-refractivity contribution < 1.29 is 23.8 Å². The number of methoxy groups -OCH3 is 1. The van der Waals surface area contributed by atoms with Crippen LogP contribution in [0.25, 0.3) is 32.9 Å². The lowest BCUT2D eigenvalue weighted by atomic mass is 9.99. The molecule has 0 spiro atoms. The van der Waals surface area contributed by atoms with Gasteiger partial charge in [-0.3, -0.25) is 4.79 Å². The number of aromatic nitrogens is 1. The first-order valence-electron chi connectivity index (χ1n) is 11.1. The van der Waals surface area contributed by atoms with Crippen LogP contribution in [0, 0.1) is 6.92 Å². The third kappa shape index (κ3) is 4.36. The lowest BCUT2D eigenvalue weighted by molar-refractivity contribution is -0.136. The number of carboxylic acids is 1. The normalized spacial score (nSPS) is 11.1. The number of ether oxygens (including phenoxy) is 2. The number of rotatable bonds is 7. The van der Waals surface area contributed by atoms with Crippen molar-refractivity contribution in [2.45, 2.75) is 20.0 Å². The highest BCUT2D eigenvalue weighted by Gasteiger charge is 2.16. The van der Waals surface area contributed by atoms with Crippen LogP contribution < -0.4 is 15.2 Å². The van der Waals surface area contributed by atoms with Crippen molar-refractivity contribution in [3.63, 3.8) is 0 Å². The number of carboxylic acid groups (broad SMARTS) is 1. The first-order valence-corrected chi connectivity index (χ1v) is 11.1. The van der Waals surface area contributed by atoms with Crippen LogP contribution >= 0.6 is 0 Å². The molecule has 5 aromatic rings. The molecule has 3 aromatic carbocycles. The van der Waals surface area contributed by atoms with E-state index in [9.17, 15) is 9.90 Å². The summed E-state index contributed by atoms with van der Waals surface area (Å²) in [7, 11) is 1.60. The molecule has 0 fully saturated rings. The van der Waals surface area contributed by atoms with E-state index in [0.717, 1.165) is 38.4 Å². The zero-order valence-electron chi connectivity index (χ0n) is 19.4. The number of nitrogen functional groups attached to an aromatic ring is 1. The van der Waals surface area contributed by atoms with Crippen LogP contribution in [0.5, 0.6) is 11.5 Å². The average molecular weight is 469 g/mol. The molecule has 0 saturated heterocycles. The van der Waals surface area contributed by atoms with Gasteiger partial charge in [0.25, 0.3) is 0 Å². The Kier molecular flexibility index (Phi) is 5.74. The van der Waals surface area contributed by atoms with E-state index in [1.807, 2.05) is 55.5 Å². The van der Waals surface area contributed by atoms with E-state index in [1.165, 1.54) is 0 Å². The summed E-state index contributed by atoms with van der Waals surface area (Å²) in [5.74, 6) is 0.714. The highest BCUT2D eigenvalue weighted by Crippen LogP contribution is 2.37. The van der Waals surface area contributed by atoms with E-state index in [2.05, 4.69) is 4.98 Å². The molecule has 2 aromatic heterocycles. The van der Waals surface area contributed by atoms with E-state index in [0.29, 0.717) is 28.5 Å². The zero-order chi connectivity index (χ0) is 24.5. The van der Waals surface area contributed by atoms with Crippen molar-refractivity contribution in [1.29, 1.82) is 0 Å². The van der Waals surface area contributed by atoms with E-state index in [1.54, 1.807) is 25.6 Å². The summed E-state index contributed by atoms with van der Waals surface area (Å²) in [6.07, 6.45) is 3.23. The SMILES string of the molecule is COc1cc(-c2ccc3ccnc(N)c3c2)cc2c(COc3cc(C)ccc3CC(=O)O)coc12. The average Bonchev–Trinajstić information content (AvgIpc) is 3.26. The molecule has 7 nitrogen and oxygen atoms in total. The lowest BCUT2D eigenvalue weighted by Crippen LogP contribution is -2.04. The van der Waals surface area contributed by atoms with Crippen LogP contribution in [-0.4, -0.2) is 23.2 Å². The topological polar surface area (TPSA) is 108 Å². The molecule has 7 heteroatoms. The Morgan fingerprint density at radius 3 is 2.63 bits per heavy atom. The number of pyridine rings is 1. The minimum atomic E-state index is -0.909. The number of benzene rings is 3. The highest BCUT2D eigenvalue weighted by atomic mass is 16.5. The first kappa shape index (κ1) is 22.3. The number of carbonyl (C=O) groups is 1. The van der Waals surface area contributed by atoms with Gasteiger partial charge in [0.1, 0.15) is 18.2 Å². The van der Waals surface area contributed by atoms with Crippen molar-refractivity contribution in [3.8, 4) is 22.6 Å². The highest BCUT2D eigenvalue weighted by molar-refractivity contribution is 5.96. The summed E-state index contributed by atoms with van der Waals surface area (Å²) in [6.45, 7) is 2.15. The molecule has 2 heterocycles. The molecule has 35 heavy (non-hydrogen) atoms. The number of nitrogens with zero attached hydrogens (tertiary/aromatic N) is 1. The van der Waals surface area contributed by atoms with Gasteiger partial charge < -0.3 is 24.7 Å². The van der Waals surface area contributed by atoms with Crippen LogP contribution in [0.4, 0.5) is 5.82 Å². The number of fused-ring (bicyclic) bond motifs is 2. The van der Waals surface area contributed by atoms with Crippen LogP contribution in [0.2, 0.25) is 0 Å². The monoisotopic (exact) mass is 468 g/mol. The zero-order valence-corrected chi connectivity index (χ0v) is 19.4. The summed E-state index contributed by atoms with van der Waals surface area (Å²) < 4.78 is 17.5. The molecule has 0 unspecified atom stereocenters. The van der Waals surface area contributed by atoms with Gasteiger partial charge in [-0.1, -0.05) is 24.3 Å². The maximum atomic E-state index is 11.3. The van der Waals surface area contributed by atoms with Gasteiger partial charge >= 0.3 is 5.97 Å². The van der Waals surface area contributed by atoms with E-state index in [-0.39, 0.29) is 13.0 Å². The molecule has 3 N–H and O–H groups in total. The molecule has 0 saturated carbocycles. The molecular formula is C28H24N2O5. The molecule has 176 valence electrons. The van der Waals surface area contributed by atoms with Gasteiger partial charge in [0, 0.05) is 28.1 Å². The number of anilines is 1. The summed E-state index contributed by atoms with van der Waals surface area (Å²) in [5, 5.41) is 12.0. The number of aliphatic carboxylic acids is 1. The third-order valence-corrected chi connectivity index (χ3v) is 6.02. The van der Waals surface area contributed by atoms with Gasteiger partial charge in [-0.15, -0.1) is 0 Å². The van der Waals surface area contributed by atoms with Gasteiger partial charge in [-0.25, -0.2) is 4.98 Å². The Morgan fingerprint density at radius 1 is 1.00 bits per heavy atom.